The molecule has 7 heteroatoms. The molecule has 6 N–H and O–H groups in total. The summed E-state index contributed by atoms with van der Waals surface area (Å²) < 4.78 is 4.92. The van der Waals surface area contributed by atoms with Crippen molar-refractivity contribution in [2.24, 2.45) is 0 Å². The Kier molecular flexibility index (Phi) is 4.62. The van der Waals surface area contributed by atoms with Gasteiger partial charge >= 0.3 is 0 Å². The van der Waals surface area contributed by atoms with Crippen LogP contribution in [0.5, 0.6) is 0 Å². The summed E-state index contributed by atoms with van der Waals surface area (Å²) >= 11 is 0. The van der Waals surface area contributed by atoms with E-state index in [2.05, 4.69) is 0 Å². The molecule has 0 spiro atoms. The van der Waals surface area contributed by atoms with Crippen LogP contribution in [0.4, 0.5) is 0 Å². The molecule has 7 atom stereocenters. The van der Waals surface area contributed by atoms with Crippen molar-refractivity contribution in [3.63, 3.8) is 0 Å². The molecule has 1 heterocycles. The lowest BCUT2D eigenvalue weighted by Crippen LogP contribution is -2.59. The molecule has 0 saturated carbocycles. The van der Waals surface area contributed by atoms with Crippen LogP contribution in [0.15, 0.2) is 0 Å². The highest BCUT2D eigenvalue weighted by Gasteiger charge is 2.43. The number of hydrogen-bond acceptors (Lipinski definition) is 7. The van der Waals surface area contributed by atoms with Gasteiger partial charge in [-0.25, -0.2) is 0 Å². The molecular weight excluding hydrogens is 220 g/mol. The lowest BCUT2D eigenvalue weighted by Gasteiger charge is -2.39. The molecule has 0 aromatic heterocycles. The molecule has 1 rings (SSSR count). The number of aliphatic hydroxyl groups excluding tert-OH is 6. The number of hydrogen-bond donors (Lipinski definition) is 6. The van der Waals surface area contributed by atoms with Crippen molar-refractivity contribution in [3.8, 4) is 0 Å². The van der Waals surface area contributed by atoms with Crippen LogP contribution in [-0.2, 0) is 4.74 Å². The average Bonchev–Trinajstić information content (AvgIpc) is 2.24. The third-order valence-corrected chi connectivity index (χ3v) is 2.72. The lowest BCUT2D eigenvalue weighted by molar-refractivity contribution is -0.227. The molecule has 0 aromatic carbocycles. The molecule has 7 nitrogen and oxygen atoms in total. The Labute approximate surface area is 92.5 Å². The molecule has 0 aromatic rings. The number of rotatable bonds is 3. The van der Waals surface area contributed by atoms with Gasteiger partial charge in [0.15, 0.2) is 0 Å². The normalized spacial score (nSPS) is 41.4. The van der Waals surface area contributed by atoms with Crippen molar-refractivity contribution in [3.05, 3.63) is 0 Å². The van der Waals surface area contributed by atoms with Gasteiger partial charge in [0.2, 0.25) is 0 Å². The Morgan fingerprint density at radius 1 is 1.06 bits per heavy atom. The average molecular weight is 238 g/mol. The summed E-state index contributed by atoms with van der Waals surface area (Å²) in [5.41, 5.74) is 0. The van der Waals surface area contributed by atoms with Gasteiger partial charge in [0, 0.05) is 0 Å². The molecule has 1 aliphatic rings. The van der Waals surface area contributed by atoms with E-state index < -0.39 is 42.7 Å². The third-order valence-electron chi connectivity index (χ3n) is 2.72. The summed E-state index contributed by atoms with van der Waals surface area (Å²) in [5, 5.41) is 56.1. The van der Waals surface area contributed by atoms with Crippen molar-refractivity contribution in [2.75, 3.05) is 6.61 Å². The molecule has 0 radical (unpaired) electrons. The summed E-state index contributed by atoms with van der Waals surface area (Å²) in [4.78, 5) is 0. The monoisotopic (exact) mass is 238 g/mol. The first-order chi connectivity index (χ1) is 7.36. The van der Waals surface area contributed by atoms with E-state index in [0.29, 0.717) is 0 Å². The van der Waals surface area contributed by atoms with Crippen LogP contribution < -0.4 is 0 Å². The Morgan fingerprint density at radius 3 is 2.12 bits per heavy atom. The molecule has 96 valence electrons. The Balaban J connectivity index is 2.66. The maximum absolute atomic E-state index is 9.60. The maximum Gasteiger partial charge on any atom is 0.115 e. The Morgan fingerprint density at radius 2 is 1.62 bits per heavy atom. The van der Waals surface area contributed by atoms with Crippen molar-refractivity contribution >= 4 is 0 Å². The highest BCUT2D eigenvalue weighted by Crippen LogP contribution is 2.20. The molecular formula is C9H18O7. The smallest absolute Gasteiger partial charge is 0.115 e. The zero-order chi connectivity index (χ0) is 12.5. The predicted octanol–water partition coefficient (Wildman–Crippen LogP) is -3.43. The minimum atomic E-state index is -1.54. The molecule has 0 unspecified atom stereocenters. The van der Waals surface area contributed by atoms with Gasteiger partial charge in [-0.15, -0.1) is 0 Å². The Hall–Kier alpha value is -0.280. The summed E-state index contributed by atoms with van der Waals surface area (Å²) in [7, 11) is 0. The molecule has 0 bridgehead atoms. The fourth-order valence-corrected chi connectivity index (χ4v) is 1.61. The van der Waals surface area contributed by atoms with Crippen LogP contribution in [0, 0.1) is 0 Å². The summed E-state index contributed by atoms with van der Waals surface area (Å²) in [6.07, 6.45) is -9.69. The van der Waals surface area contributed by atoms with Crippen LogP contribution >= 0.6 is 0 Å². The second-order valence-corrected chi connectivity index (χ2v) is 4.07. The first-order valence-corrected chi connectivity index (χ1v) is 5.06. The molecule has 16 heavy (non-hydrogen) atoms. The molecule has 0 aliphatic carbocycles. The topological polar surface area (TPSA) is 131 Å². The Bertz CT molecular complexity index is 222. The fraction of sp³-hybridized carbons (Fsp3) is 1.00. The van der Waals surface area contributed by atoms with Crippen LogP contribution in [0.3, 0.4) is 0 Å². The summed E-state index contributed by atoms with van der Waals surface area (Å²) in [6, 6.07) is 0. The van der Waals surface area contributed by atoms with E-state index in [1.807, 2.05) is 0 Å². The second-order valence-electron chi connectivity index (χ2n) is 4.07. The zero-order valence-electron chi connectivity index (χ0n) is 8.84. The van der Waals surface area contributed by atoms with Gasteiger partial charge in [-0.3, -0.25) is 0 Å². The zero-order valence-corrected chi connectivity index (χ0v) is 8.84. The van der Waals surface area contributed by atoms with E-state index in [4.69, 9.17) is 14.9 Å². The van der Waals surface area contributed by atoms with Gasteiger partial charge in [-0.1, -0.05) is 0 Å². The second kappa shape index (κ2) is 5.37. The van der Waals surface area contributed by atoms with Crippen molar-refractivity contribution in [1.29, 1.82) is 0 Å². The molecule has 1 saturated heterocycles. The van der Waals surface area contributed by atoms with Crippen molar-refractivity contribution in [1.82, 2.24) is 0 Å². The predicted molar refractivity (Wildman–Crippen MR) is 51.5 cm³/mol. The first kappa shape index (κ1) is 13.8. The minimum Gasteiger partial charge on any atom is -0.391 e. The largest absolute Gasteiger partial charge is 0.391 e. The highest BCUT2D eigenvalue weighted by molar-refractivity contribution is 4.93. The van der Waals surface area contributed by atoms with Gasteiger partial charge < -0.3 is 35.4 Å². The summed E-state index contributed by atoms with van der Waals surface area (Å²) in [5.74, 6) is 0. The summed E-state index contributed by atoms with van der Waals surface area (Å²) in [6.45, 7) is 1.01. The first-order valence-electron chi connectivity index (χ1n) is 5.06. The van der Waals surface area contributed by atoms with Gasteiger partial charge in [-0.2, -0.15) is 0 Å². The van der Waals surface area contributed by atoms with E-state index in [9.17, 15) is 20.4 Å². The third kappa shape index (κ3) is 2.69. The van der Waals surface area contributed by atoms with Gasteiger partial charge in [0.1, 0.15) is 36.6 Å². The fourth-order valence-electron chi connectivity index (χ4n) is 1.61. The van der Waals surface area contributed by atoms with Crippen LogP contribution in [0.25, 0.3) is 0 Å². The number of aliphatic hydroxyl groups is 6. The van der Waals surface area contributed by atoms with Gasteiger partial charge in [-0.05, 0) is 6.92 Å². The van der Waals surface area contributed by atoms with Crippen LogP contribution in [0.1, 0.15) is 6.92 Å². The quantitative estimate of drug-likeness (QED) is 0.302. The highest BCUT2D eigenvalue weighted by atomic mass is 16.5. The number of ether oxygens (including phenoxy) is 1. The van der Waals surface area contributed by atoms with Gasteiger partial charge in [0.05, 0.1) is 12.7 Å². The SMILES string of the molecule is C[C@@H](O)[C@@H](O)[C@H](O)[C@H]1OC[C@@H](O)[C@H](O)[C@@H]1O. The minimum absolute atomic E-state index is 0.257. The van der Waals surface area contributed by atoms with E-state index in [1.165, 1.54) is 6.92 Å². The van der Waals surface area contributed by atoms with Crippen LogP contribution in [0.2, 0.25) is 0 Å². The molecule has 1 aliphatic heterocycles. The van der Waals surface area contributed by atoms with Crippen molar-refractivity contribution < 1.29 is 35.4 Å². The molecule has 1 fully saturated rings. The van der Waals surface area contributed by atoms with Gasteiger partial charge in [0.25, 0.3) is 0 Å². The van der Waals surface area contributed by atoms with Crippen LogP contribution in [-0.4, -0.2) is 80.0 Å². The van der Waals surface area contributed by atoms with E-state index in [1.54, 1.807) is 0 Å². The van der Waals surface area contributed by atoms with E-state index in [0.717, 1.165) is 0 Å². The van der Waals surface area contributed by atoms with Crippen molar-refractivity contribution in [2.45, 2.75) is 49.7 Å². The van der Waals surface area contributed by atoms with E-state index >= 15 is 0 Å². The standard InChI is InChI=1S/C9H18O7/c1-3(10)5(12)7(14)9-8(15)6(13)4(11)2-16-9/h3-15H,2H2,1H3/t3-,4-,5-,6+,7+,8+,9-/m1/s1. The maximum atomic E-state index is 9.60. The lowest BCUT2D eigenvalue weighted by atomic mass is 9.92. The van der Waals surface area contributed by atoms with E-state index in [-0.39, 0.29) is 6.61 Å². The molecule has 0 amide bonds.